The van der Waals surface area contributed by atoms with Crippen molar-refractivity contribution >= 4 is 66.7 Å². The average Bonchev–Trinajstić information content (AvgIpc) is 3.12. The quantitative estimate of drug-likeness (QED) is 0.415. The predicted molar refractivity (Wildman–Crippen MR) is 149 cm³/mol. The number of aliphatic imine (C=N–C) groups is 1. The second-order valence-electron chi connectivity index (χ2n) is 9.26. The highest BCUT2D eigenvalue weighted by molar-refractivity contribution is 7.90. The van der Waals surface area contributed by atoms with Gasteiger partial charge in [0.2, 0.25) is 16.3 Å². The van der Waals surface area contributed by atoms with Gasteiger partial charge in [0.05, 0.1) is 21.3 Å². The number of ether oxygens (including phenoxy) is 1. The van der Waals surface area contributed by atoms with E-state index in [2.05, 4.69) is 15.0 Å². The van der Waals surface area contributed by atoms with Crippen LogP contribution >= 0.6 is 11.6 Å². The van der Waals surface area contributed by atoms with Crippen molar-refractivity contribution in [3.8, 4) is 0 Å². The van der Waals surface area contributed by atoms with E-state index >= 15 is 0 Å². The molecule has 2 atom stereocenters. The Morgan fingerprint density at radius 1 is 1.15 bits per heavy atom. The summed E-state index contributed by atoms with van der Waals surface area (Å²) in [5.41, 5.74) is -0.183. The van der Waals surface area contributed by atoms with Gasteiger partial charge in [-0.3, -0.25) is 14.5 Å². The van der Waals surface area contributed by atoms with Crippen LogP contribution in [0.3, 0.4) is 0 Å². The van der Waals surface area contributed by atoms with Crippen molar-refractivity contribution in [2.45, 2.75) is 42.0 Å². The summed E-state index contributed by atoms with van der Waals surface area (Å²) in [6, 6.07) is 5.65. The number of fused-ring (bicyclic) bond motifs is 1. The molecule has 1 fully saturated rings. The first-order valence-electron chi connectivity index (χ1n) is 12.1. The fourth-order valence-electron chi connectivity index (χ4n) is 4.48. The van der Waals surface area contributed by atoms with Crippen molar-refractivity contribution in [1.29, 1.82) is 0 Å². The third kappa shape index (κ3) is 5.17. The van der Waals surface area contributed by atoms with Crippen LogP contribution in [0.5, 0.6) is 0 Å². The molecule has 2 aromatic carbocycles. The van der Waals surface area contributed by atoms with Gasteiger partial charge in [-0.25, -0.2) is 40.5 Å². The molecule has 2 unspecified atom stereocenters. The number of urea groups is 1. The summed E-state index contributed by atoms with van der Waals surface area (Å²) in [5.74, 6) is -2.46. The number of methoxy groups -OCH3 is 1. The fourth-order valence-corrected chi connectivity index (χ4v) is 7.18. The van der Waals surface area contributed by atoms with Gasteiger partial charge >= 0.3 is 6.03 Å². The van der Waals surface area contributed by atoms with Crippen LogP contribution in [-0.2, 0) is 34.4 Å². The van der Waals surface area contributed by atoms with Crippen LogP contribution in [-0.4, -0.2) is 94.1 Å². The molecular weight excluding hydrogens is 600 g/mol. The lowest BCUT2D eigenvalue weighted by Gasteiger charge is -2.37. The van der Waals surface area contributed by atoms with Gasteiger partial charge in [0.1, 0.15) is 4.90 Å². The first-order chi connectivity index (χ1) is 19.2. The molecule has 14 nitrogen and oxygen atoms in total. The number of anilines is 1. The number of para-hydroxylation sites is 1. The molecule has 0 bridgehead atoms. The molecule has 2 aromatic rings. The molecule has 2 aliphatic heterocycles. The molecule has 0 saturated carbocycles. The largest absolute Gasteiger partial charge is 0.353 e. The van der Waals surface area contributed by atoms with Crippen molar-refractivity contribution in [3.63, 3.8) is 0 Å². The van der Waals surface area contributed by atoms with Gasteiger partial charge in [-0.1, -0.05) is 23.7 Å². The normalized spacial score (nSPS) is 19.3. The van der Waals surface area contributed by atoms with Crippen molar-refractivity contribution in [3.05, 3.63) is 47.5 Å². The zero-order valence-corrected chi connectivity index (χ0v) is 24.9. The number of halogens is 1. The van der Waals surface area contributed by atoms with Crippen LogP contribution in [0.25, 0.3) is 0 Å². The Morgan fingerprint density at radius 2 is 1.80 bits per heavy atom. The SMILES string of the molecule is CNS(=O)(=O)c1ccc(Cl)c(NC(=O)C(C2=Nc3ccccc3S(=O)(=O)N2C(C)C)N2C(=O)C(OC)N(C)C2=O)c1. The predicted octanol–water partition coefficient (Wildman–Crippen LogP) is 1.56. The van der Waals surface area contributed by atoms with E-state index in [-0.39, 0.29) is 26.2 Å². The maximum atomic E-state index is 14.0. The number of hydrogen-bond donors (Lipinski definition) is 2. The number of nitrogens with one attached hydrogen (secondary N) is 2. The number of rotatable bonds is 8. The summed E-state index contributed by atoms with van der Waals surface area (Å²) in [6.45, 7) is 3.08. The van der Waals surface area contributed by atoms with Crippen molar-refractivity contribution in [2.75, 3.05) is 26.5 Å². The summed E-state index contributed by atoms with van der Waals surface area (Å²) >= 11 is 6.26. The van der Waals surface area contributed by atoms with Crippen molar-refractivity contribution in [2.24, 2.45) is 4.99 Å². The van der Waals surface area contributed by atoms with Gasteiger partial charge < -0.3 is 10.1 Å². The Labute approximate surface area is 242 Å². The molecule has 0 aromatic heterocycles. The molecule has 2 aliphatic rings. The molecule has 2 heterocycles. The second-order valence-corrected chi connectivity index (χ2v) is 13.3. The minimum atomic E-state index is -4.30. The van der Waals surface area contributed by atoms with E-state index in [0.717, 1.165) is 15.3 Å². The van der Waals surface area contributed by atoms with E-state index < -0.39 is 62.0 Å². The molecule has 0 aliphatic carbocycles. The minimum absolute atomic E-state index is 0.00640. The van der Waals surface area contributed by atoms with Crippen LogP contribution in [0.1, 0.15) is 13.8 Å². The van der Waals surface area contributed by atoms with Crippen LogP contribution in [0, 0.1) is 0 Å². The zero-order chi connectivity index (χ0) is 30.4. The highest BCUT2D eigenvalue weighted by Gasteiger charge is 2.53. The van der Waals surface area contributed by atoms with Crippen LogP contribution in [0.2, 0.25) is 5.02 Å². The van der Waals surface area contributed by atoms with E-state index in [1.807, 2.05) is 0 Å². The maximum absolute atomic E-state index is 14.0. The number of carbonyl (C=O) groups excluding carboxylic acids is 3. The standard InChI is InChI=1S/C24H27ClN6O8S2/c1-13(2)31-20(27-16-8-6-7-9-18(16)41(31,37)38)19(30-22(33)23(39-5)29(4)24(30)34)21(32)28-17-12-14(10-11-15(17)25)40(35,36)26-3/h6-13,19,23,26H,1-5H3,(H,28,32). The molecule has 2 N–H and O–H groups in total. The number of amidine groups is 1. The Hall–Kier alpha value is -3.57. The highest BCUT2D eigenvalue weighted by Crippen LogP contribution is 2.36. The maximum Gasteiger partial charge on any atom is 0.330 e. The lowest BCUT2D eigenvalue weighted by atomic mass is 10.1. The van der Waals surface area contributed by atoms with Crippen molar-refractivity contribution in [1.82, 2.24) is 18.8 Å². The Balaban J connectivity index is 1.93. The van der Waals surface area contributed by atoms with Crippen LogP contribution in [0.4, 0.5) is 16.2 Å². The molecule has 1 saturated heterocycles. The lowest BCUT2D eigenvalue weighted by Crippen LogP contribution is -2.60. The molecule has 220 valence electrons. The molecule has 0 spiro atoms. The summed E-state index contributed by atoms with van der Waals surface area (Å²) in [5, 5.41) is 2.38. The van der Waals surface area contributed by atoms with E-state index in [9.17, 15) is 31.2 Å². The second kappa shape index (κ2) is 11.0. The Bertz CT molecular complexity index is 1680. The van der Waals surface area contributed by atoms with Gasteiger partial charge in [0.15, 0.2) is 11.9 Å². The van der Waals surface area contributed by atoms with E-state index in [1.165, 1.54) is 65.4 Å². The van der Waals surface area contributed by atoms with E-state index in [0.29, 0.717) is 4.90 Å². The number of sulfonamides is 2. The smallest absolute Gasteiger partial charge is 0.330 e. The molecular formula is C24H27ClN6O8S2. The minimum Gasteiger partial charge on any atom is -0.353 e. The van der Waals surface area contributed by atoms with E-state index in [1.54, 1.807) is 6.07 Å². The van der Waals surface area contributed by atoms with Gasteiger partial charge in [-0.2, -0.15) is 0 Å². The number of hydrogen-bond acceptors (Lipinski definition) is 9. The third-order valence-electron chi connectivity index (χ3n) is 6.39. The number of nitrogens with zero attached hydrogens (tertiary/aromatic N) is 4. The molecule has 4 amide bonds. The van der Waals surface area contributed by atoms with Gasteiger partial charge in [-0.05, 0) is 51.2 Å². The summed E-state index contributed by atoms with van der Waals surface area (Å²) < 4.78 is 60.4. The first-order valence-corrected chi connectivity index (χ1v) is 15.4. The molecule has 4 rings (SSSR count). The number of carbonyl (C=O) groups is 3. The van der Waals surface area contributed by atoms with E-state index in [4.69, 9.17) is 16.3 Å². The summed E-state index contributed by atoms with van der Waals surface area (Å²) in [4.78, 5) is 46.3. The first kappa shape index (κ1) is 30.4. The van der Waals surface area contributed by atoms with Gasteiger partial charge in [0, 0.05) is 20.2 Å². The highest BCUT2D eigenvalue weighted by atomic mass is 35.5. The number of imide groups is 1. The number of likely N-dealkylation sites (N-methyl/N-ethyl adjacent to an activating group) is 1. The van der Waals surface area contributed by atoms with Crippen LogP contribution in [0.15, 0.2) is 57.2 Å². The monoisotopic (exact) mass is 626 g/mol. The number of benzene rings is 2. The average molecular weight is 627 g/mol. The fraction of sp³-hybridized carbons (Fsp3) is 0.333. The summed E-state index contributed by atoms with van der Waals surface area (Å²) in [6.07, 6.45) is -1.40. The lowest BCUT2D eigenvalue weighted by molar-refractivity contribution is -0.141. The third-order valence-corrected chi connectivity index (χ3v) is 10.2. The molecule has 17 heteroatoms. The van der Waals surface area contributed by atoms with Gasteiger partial charge in [0.25, 0.3) is 21.8 Å². The van der Waals surface area contributed by atoms with Crippen LogP contribution < -0.4 is 10.0 Å². The van der Waals surface area contributed by atoms with Gasteiger partial charge in [-0.15, -0.1) is 0 Å². The van der Waals surface area contributed by atoms with Crippen molar-refractivity contribution < 1.29 is 36.0 Å². The summed E-state index contributed by atoms with van der Waals surface area (Å²) in [7, 11) is -4.58. The molecule has 41 heavy (non-hydrogen) atoms. The zero-order valence-electron chi connectivity index (χ0n) is 22.5. The Morgan fingerprint density at radius 3 is 2.39 bits per heavy atom. The molecule has 0 radical (unpaired) electrons. The number of amides is 4. The Kier molecular flexibility index (Phi) is 8.17. The topological polar surface area (TPSA) is 175 Å².